The van der Waals surface area contributed by atoms with Crippen molar-refractivity contribution in [2.45, 2.75) is 64.6 Å². The summed E-state index contributed by atoms with van der Waals surface area (Å²) >= 11 is 0. The van der Waals surface area contributed by atoms with Crippen molar-refractivity contribution in [1.29, 1.82) is 0 Å². The summed E-state index contributed by atoms with van der Waals surface area (Å²) in [5, 5.41) is 2.80. The number of halogens is 1. The molecule has 1 aliphatic carbocycles. The molecule has 3 N–H and O–H groups in total. The van der Waals surface area contributed by atoms with Crippen molar-refractivity contribution in [3.05, 3.63) is 53.6 Å². The number of hydrogen-bond acceptors (Lipinski definition) is 6. The Morgan fingerprint density at radius 2 is 1.97 bits per heavy atom. The zero-order valence-electron chi connectivity index (χ0n) is 21.1. The Hall–Kier alpha value is -3.69. The average Bonchev–Trinajstić information content (AvgIpc) is 3.56. The minimum Gasteiger partial charge on any atom is -0.487 e. The van der Waals surface area contributed by atoms with Crippen LogP contribution in [0.25, 0.3) is 0 Å². The van der Waals surface area contributed by atoms with E-state index in [0.29, 0.717) is 11.4 Å². The summed E-state index contributed by atoms with van der Waals surface area (Å²) in [4.78, 5) is 32.1. The molecule has 2 aliphatic rings. The minimum absolute atomic E-state index is 0.0937. The van der Waals surface area contributed by atoms with Gasteiger partial charge < -0.3 is 25.3 Å². The molecule has 2 aromatic rings. The van der Waals surface area contributed by atoms with E-state index in [-0.39, 0.29) is 29.7 Å². The summed E-state index contributed by atoms with van der Waals surface area (Å²) in [7, 11) is 0. The molecule has 2 amide bonds. The van der Waals surface area contributed by atoms with Crippen LogP contribution in [-0.2, 0) is 9.47 Å². The van der Waals surface area contributed by atoms with Crippen LogP contribution in [0.15, 0.2) is 41.5 Å². The topological polar surface area (TPSA) is 125 Å². The van der Waals surface area contributed by atoms with E-state index in [1.165, 1.54) is 12.1 Å². The lowest BCUT2D eigenvalue weighted by Gasteiger charge is -2.46. The summed E-state index contributed by atoms with van der Waals surface area (Å²) in [6.45, 7) is 9.45. The van der Waals surface area contributed by atoms with E-state index >= 15 is 0 Å². The van der Waals surface area contributed by atoms with Crippen molar-refractivity contribution in [2.24, 2.45) is 16.1 Å². The molecule has 2 heterocycles. The molecule has 0 saturated heterocycles. The third kappa shape index (κ3) is 5.27. The molecule has 1 aromatic heterocycles. The Morgan fingerprint density at radius 1 is 1.25 bits per heavy atom. The summed E-state index contributed by atoms with van der Waals surface area (Å²) in [6, 6.07) is 7.58. The van der Waals surface area contributed by atoms with E-state index in [1.807, 2.05) is 19.9 Å². The van der Waals surface area contributed by atoms with Crippen LogP contribution in [0.3, 0.4) is 0 Å². The van der Waals surface area contributed by atoms with E-state index in [1.54, 1.807) is 32.9 Å². The highest BCUT2D eigenvalue weighted by molar-refractivity contribution is 6.02. The molecule has 0 radical (unpaired) electrons. The molecule has 1 spiro atoms. The predicted octanol–water partition coefficient (Wildman–Crippen LogP) is 4.77. The number of aromatic nitrogens is 1. The highest BCUT2D eigenvalue weighted by atomic mass is 19.1. The lowest BCUT2D eigenvalue weighted by Crippen LogP contribution is -2.47. The average molecular weight is 499 g/mol. The van der Waals surface area contributed by atoms with E-state index in [9.17, 15) is 14.0 Å². The van der Waals surface area contributed by atoms with Gasteiger partial charge in [0.05, 0.1) is 12.8 Å². The van der Waals surface area contributed by atoms with Gasteiger partial charge in [0.25, 0.3) is 11.9 Å². The highest BCUT2D eigenvalue weighted by Gasteiger charge is 2.64. The fourth-order valence-corrected chi connectivity index (χ4v) is 4.70. The summed E-state index contributed by atoms with van der Waals surface area (Å²) in [5.74, 6) is -0.446. The second-order valence-corrected chi connectivity index (χ2v) is 10.6. The van der Waals surface area contributed by atoms with Crippen molar-refractivity contribution in [1.82, 2.24) is 4.98 Å². The molecule has 1 saturated carbocycles. The van der Waals surface area contributed by atoms with Gasteiger partial charge in [-0.15, -0.1) is 4.99 Å². The zero-order chi connectivity index (χ0) is 26.3. The molecule has 192 valence electrons. The highest BCUT2D eigenvalue weighted by Crippen LogP contribution is 2.67. The zero-order valence-corrected chi connectivity index (χ0v) is 21.1. The summed E-state index contributed by atoms with van der Waals surface area (Å²) < 4.78 is 30.4. The smallest absolute Gasteiger partial charge is 0.438 e. The molecule has 9 nitrogen and oxygen atoms in total. The van der Waals surface area contributed by atoms with E-state index in [2.05, 4.69) is 15.3 Å². The quantitative estimate of drug-likeness (QED) is 0.459. The Balaban J connectivity index is 1.56. The number of carbonyl (C=O) groups is 2. The first-order chi connectivity index (χ1) is 16.8. The number of carbonyl (C=O) groups excluding carboxylic acids is 2. The molecule has 0 bridgehead atoms. The first kappa shape index (κ1) is 25.4. The number of hydrogen-bond donors (Lipinski definition) is 2. The molecule has 1 unspecified atom stereocenters. The van der Waals surface area contributed by atoms with Gasteiger partial charge in [-0.3, -0.25) is 4.79 Å². The summed E-state index contributed by atoms with van der Waals surface area (Å²) in [6.07, 6.45) is 2.01. The number of nitrogens with two attached hydrogens (primary N) is 1. The number of nitrogens with zero attached hydrogens (tertiary/aromatic N) is 2. The van der Waals surface area contributed by atoms with E-state index in [0.717, 1.165) is 24.6 Å². The molecular formula is C26H31FN4O5. The van der Waals surface area contributed by atoms with Crippen molar-refractivity contribution in [2.75, 3.05) is 11.9 Å². The number of amides is 2. The number of benzene rings is 1. The maximum atomic E-state index is 13.2. The minimum atomic E-state index is -0.826. The van der Waals surface area contributed by atoms with Crippen molar-refractivity contribution in [3.63, 3.8) is 0 Å². The van der Waals surface area contributed by atoms with Crippen LogP contribution in [0.2, 0.25) is 0 Å². The van der Waals surface area contributed by atoms with Gasteiger partial charge in [-0.2, -0.15) is 0 Å². The number of ether oxygens (including phenoxy) is 3. The van der Waals surface area contributed by atoms with Crippen LogP contribution >= 0.6 is 0 Å². The maximum Gasteiger partial charge on any atom is 0.438 e. The standard InChI is InChI=1S/C26H31FN4O5/c1-24(2,3)36-23(33)31-22(28)34-14-18-17-12-16(30-21(32)19-8-6-15(27)13-29-19)7-9-20(17)35-25(4,5)26(18)10-11-26/h6-9,12-13,18H,10-11,14H2,1-5H3,(H,30,32)(H2,28,31,33). The van der Waals surface area contributed by atoms with Gasteiger partial charge in [-0.1, -0.05) is 0 Å². The first-order valence-electron chi connectivity index (χ1n) is 11.8. The van der Waals surface area contributed by atoms with Crippen LogP contribution in [0.5, 0.6) is 5.75 Å². The van der Waals surface area contributed by atoms with Gasteiger partial charge in [-0.05, 0) is 77.8 Å². The lowest BCUT2D eigenvalue weighted by atomic mass is 9.71. The predicted molar refractivity (Wildman–Crippen MR) is 132 cm³/mol. The van der Waals surface area contributed by atoms with Gasteiger partial charge >= 0.3 is 6.09 Å². The van der Waals surface area contributed by atoms with E-state index < -0.39 is 29.0 Å². The Morgan fingerprint density at radius 3 is 2.58 bits per heavy atom. The van der Waals surface area contributed by atoms with E-state index in [4.69, 9.17) is 19.9 Å². The third-order valence-corrected chi connectivity index (χ3v) is 6.62. The fraction of sp³-hybridized carbons (Fsp3) is 0.462. The number of anilines is 1. The number of amidine groups is 1. The number of fused-ring (bicyclic) bond motifs is 1. The fourth-order valence-electron chi connectivity index (χ4n) is 4.70. The second kappa shape index (κ2) is 9.07. The van der Waals surface area contributed by atoms with Gasteiger partial charge in [0.1, 0.15) is 28.5 Å². The molecule has 1 fully saturated rings. The maximum absolute atomic E-state index is 13.2. The van der Waals surface area contributed by atoms with Crippen molar-refractivity contribution in [3.8, 4) is 5.75 Å². The number of rotatable bonds is 4. The molecule has 10 heteroatoms. The molecule has 4 rings (SSSR count). The Bertz CT molecular complexity index is 1200. The molecule has 1 aromatic carbocycles. The lowest BCUT2D eigenvalue weighted by molar-refractivity contribution is -0.0174. The first-order valence-corrected chi connectivity index (χ1v) is 11.8. The van der Waals surface area contributed by atoms with Crippen molar-refractivity contribution < 1.29 is 28.2 Å². The van der Waals surface area contributed by atoms with Crippen LogP contribution in [0, 0.1) is 11.2 Å². The molecular weight excluding hydrogens is 467 g/mol. The van der Waals surface area contributed by atoms with Crippen LogP contribution < -0.4 is 15.8 Å². The third-order valence-electron chi connectivity index (χ3n) is 6.62. The monoisotopic (exact) mass is 498 g/mol. The normalized spacial score (nSPS) is 19.6. The van der Waals surface area contributed by atoms with Gasteiger partial charge in [0, 0.05) is 22.6 Å². The van der Waals surface area contributed by atoms with Crippen LogP contribution in [0.4, 0.5) is 14.9 Å². The molecule has 36 heavy (non-hydrogen) atoms. The molecule has 1 atom stereocenters. The largest absolute Gasteiger partial charge is 0.487 e. The number of pyridine rings is 1. The molecule has 1 aliphatic heterocycles. The number of aliphatic imine (C=N–C) groups is 1. The second-order valence-electron chi connectivity index (χ2n) is 10.6. The van der Waals surface area contributed by atoms with Gasteiger partial charge in [-0.25, -0.2) is 14.2 Å². The van der Waals surface area contributed by atoms with Crippen LogP contribution in [-0.4, -0.2) is 40.8 Å². The Labute approximate surface area is 209 Å². The SMILES string of the molecule is CC(C)(C)OC(=O)/N=C(/N)OCC1c2cc(NC(=O)c3ccc(F)cn3)ccc2OC(C)(C)C12CC2. The summed E-state index contributed by atoms with van der Waals surface area (Å²) in [5.41, 5.74) is 5.99. The Kier molecular flexibility index (Phi) is 6.40. The van der Waals surface area contributed by atoms with Crippen molar-refractivity contribution >= 4 is 23.7 Å². The van der Waals surface area contributed by atoms with Gasteiger partial charge in [0.2, 0.25) is 0 Å². The van der Waals surface area contributed by atoms with Crippen LogP contribution in [0.1, 0.15) is 69.4 Å². The number of nitrogens with one attached hydrogen (secondary N) is 1. The van der Waals surface area contributed by atoms with Gasteiger partial charge in [0.15, 0.2) is 0 Å².